The molecule has 2 rings (SSSR count). The summed E-state index contributed by atoms with van der Waals surface area (Å²) >= 11 is 0. The van der Waals surface area contributed by atoms with Crippen LogP contribution in [0.5, 0.6) is 0 Å². The van der Waals surface area contributed by atoms with Crippen molar-refractivity contribution in [2.24, 2.45) is 0 Å². The van der Waals surface area contributed by atoms with Crippen LogP contribution >= 0.6 is 0 Å². The Morgan fingerprint density at radius 1 is 1.16 bits per heavy atom. The van der Waals surface area contributed by atoms with E-state index < -0.39 is 0 Å². The van der Waals surface area contributed by atoms with E-state index in [0.29, 0.717) is 0 Å². The zero-order valence-corrected chi connectivity index (χ0v) is 11.4. The van der Waals surface area contributed by atoms with Gasteiger partial charge in [-0.05, 0) is 55.3 Å². The number of hydrogen-bond donors (Lipinski definition) is 1. The topological polar surface area (TPSA) is 29.3 Å². The summed E-state index contributed by atoms with van der Waals surface area (Å²) < 4.78 is 13.1. The Balaban J connectivity index is 2.24. The highest BCUT2D eigenvalue weighted by molar-refractivity contribution is 5.56. The second-order valence-corrected chi connectivity index (χ2v) is 4.68. The van der Waals surface area contributed by atoms with Crippen molar-refractivity contribution in [2.45, 2.75) is 20.4 Å². The van der Waals surface area contributed by atoms with E-state index in [1.165, 1.54) is 6.07 Å². The van der Waals surface area contributed by atoms with E-state index in [2.05, 4.69) is 11.8 Å². The number of nitrogens with zero attached hydrogens (tertiary/aromatic N) is 1. The molecule has 0 aliphatic carbocycles. The molecular weight excluding hydrogens is 239 g/mol. The lowest BCUT2D eigenvalue weighted by atomic mass is 10.1. The van der Waals surface area contributed by atoms with Crippen LogP contribution in [0.15, 0.2) is 42.5 Å². The smallest absolute Gasteiger partial charge is 0.123 e. The SMILES string of the molecule is CCN(Cc1ccc(F)cc1C)c1cccc(N)c1. The highest BCUT2D eigenvalue weighted by Gasteiger charge is 2.08. The largest absolute Gasteiger partial charge is 0.399 e. The molecule has 0 bridgehead atoms. The molecule has 0 aliphatic heterocycles. The van der Waals surface area contributed by atoms with E-state index >= 15 is 0 Å². The molecule has 2 aromatic carbocycles. The molecule has 0 spiro atoms. The van der Waals surface area contributed by atoms with Crippen molar-refractivity contribution < 1.29 is 4.39 Å². The first kappa shape index (κ1) is 13.4. The normalized spacial score (nSPS) is 10.5. The summed E-state index contributed by atoms with van der Waals surface area (Å²) in [6, 6.07) is 12.8. The molecule has 0 radical (unpaired) electrons. The first-order valence-electron chi connectivity index (χ1n) is 6.45. The van der Waals surface area contributed by atoms with Gasteiger partial charge in [-0.25, -0.2) is 4.39 Å². The maximum absolute atomic E-state index is 13.1. The molecule has 2 nitrogen and oxygen atoms in total. The molecule has 2 aromatic rings. The van der Waals surface area contributed by atoms with Gasteiger partial charge in [-0.2, -0.15) is 0 Å². The molecule has 0 saturated carbocycles. The van der Waals surface area contributed by atoms with Crippen LogP contribution in [0.1, 0.15) is 18.1 Å². The molecule has 0 aliphatic rings. The van der Waals surface area contributed by atoms with Gasteiger partial charge in [-0.15, -0.1) is 0 Å². The highest BCUT2D eigenvalue weighted by atomic mass is 19.1. The zero-order chi connectivity index (χ0) is 13.8. The molecule has 19 heavy (non-hydrogen) atoms. The minimum absolute atomic E-state index is 0.187. The number of benzene rings is 2. The zero-order valence-electron chi connectivity index (χ0n) is 11.4. The van der Waals surface area contributed by atoms with E-state index in [1.807, 2.05) is 37.3 Å². The lowest BCUT2D eigenvalue weighted by Crippen LogP contribution is -2.22. The summed E-state index contributed by atoms with van der Waals surface area (Å²) in [6.07, 6.45) is 0. The number of rotatable bonds is 4. The molecule has 0 saturated heterocycles. The third-order valence-corrected chi connectivity index (χ3v) is 3.28. The Morgan fingerprint density at radius 2 is 1.95 bits per heavy atom. The van der Waals surface area contributed by atoms with Crippen molar-refractivity contribution in [1.82, 2.24) is 0 Å². The second kappa shape index (κ2) is 5.74. The molecule has 2 N–H and O–H groups in total. The summed E-state index contributed by atoms with van der Waals surface area (Å²) in [5.41, 5.74) is 9.77. The number of aryl methyl sites for hydroxylation is 1. The average molecular weight is 258 g/mol. The molecule has 0 fully saturated rings. The van der Waals surface area contributed by atoms with E-state index in [0.717, 1.165) is 35.6 Å². The van der Waals surface area contributed by atoms with Crippen LogP contribution in [0.25, 0.3) is 0 Å². The Bertz CT molecular complexity index is 566. The van der Waals surface area contributed by atoms with Crippen molar-refractivity contribution in [3.63, 3.8) is 0 Å². The van der Waals surface area contributed by atoms with E-state index in [-0.39, 0.29) is 5.82 Å². The average Bonchev–Trinajstić information content (AvgIpc) is 2.38. The van der Waals surface area contributed by atoms with Gasteiger partial charge in [0.15, 0.2) is 0 Å². The van der Waals surface area contributed by atoms with Crippen LogP contribution in [0.4, 0.5) is 15.8 Å². The minimum atomic E-state index is -0.187. The van der Waals surface area contributed by atoms with Gasteiger partial charge in [0, 0.05) is 24.5 Å². The number of hydrogen-bond acceptors (Lipinski definition) is 2. The fraction of sp³-hybridized carbons (Fsp3) is 0.250. The Morgan fingerprint density at radius 3 is 2.58 bits per heavy atom. The molecule has 3 heteroatoms. The van der Waals surface area contributed by atoms with Crippen LogP contribution < -0.4 is 10.6 Å². The van der Waals surface area contributed by atoms with Gasteiger partial charge < -0.3 is 10.6 Å². The maximum Gasteiger partial charge on any atom is 0.123 e. The summed E-state index contributed by atoms with van der Waals surface area (Å²) in [6.45, 7) is 5.67. The van der Waals surface area contributed by atoms with E-state index in [4.69, 9.17) is 5.73 Å². The number of nitrogen functional groups attached to an aromatic ring is 1. The third-order valence-electron chi connectivity index (χ3n) is 3.28. The molecule has 0 amide bonds. The highest BCUT2D eigenvalue weighted by Crippen LogP contribution is 2.21. The van der Waals surface area contributed by atoms with Crippen LogP contribution in [-0.4, -0.2) is 6.54 Å². The van der Waals surface area contributed by atoms with Gasteiger partial charge in [0.25, 0.3) is 0 Å². The number of nitrogens with two attached hydrogens (primary N) is 1. The van der Waals surface area contributed by atoms with Gasteiger partial charge in [0.2, 0.25) is 0 Å². The van der Waals surface area contributed by atoms with Crippen molar-refractivity contribution in [3.8, 4) is 0 Å². The number of halogens is 1. The van der Waals surface area contributed by atoms with E-state index in [1.54, 1.807) is 6.07 Å². The Kier molecular flexibility index (Phi) is 4.05. The summed E-state index contributed by atoms with van der Waals surface area (Å²) in [7, 11) is 0. The molecule has 0 heterocycles. The summed E-state index contributed by atoms with van der Waals surface area (Å²) in [5.74, 6) is -0.187. The summed E-state index contributed by atoms with van der Waals surface area (Å²) in [5, 5.41) is 0. The third kappa shape index (κ3) is 3.25. The standard InChI is InChI=1S/C16H19FN2/c1-3-19(16-6-4-5-15(18)10-16)11-13-7-8-14(17)9-12(13)2/h4-10H,3,11,18H2,1-2H3. The van der Waals surface area contributed by atoms with Crippen molar-refractivity contribution in [3.05, 3.63) is 59.4 Å². The van der Waals surface area contributed by atoms with Crippen LogP contribution in [0, 0.1) is 12.7 Å². The number of anilines is 2. The molecule has 0 aromatic heterocycles. The molecular formula is C16H19FN2. The lowest BCUT2D eigenvalue weighted by Gasteiger charge is -2.24. The van der Waals surface area contributed by atoms with Crippen molar-refractivity contribution in [2.75, 3.05) is 17.2 Å². The van der Waals surface area contributed by atoms with Gasteiger partial charge in [0.05, 0.1) is 0 Å². The second-order valence-electron chi connectivity index (χ2n) is 4.68. The fourth-order valence-electron chi connectivity index (χ4n) is 2.15. The monoisotopic (exact) mass is 258 g/mol. The predicted molar refractivity (Wildman–Crippen MR) is 78.7 cm³/mol. The Labute approximate surface area is 113 Å². The van der Waals surface area contributed by atoms with Crippen LogP contribution in [0.2, 0.25) is 0 Å². The molecule has 0 unspecified atom stereocenters. The van der Waals surface area contributed by atoms with Gasteiger partial charge in [0.1, 0.15) is 5.82 Å². The predicted octanol–water partition coefficient (Wildman–Crippen LogP) is 3.74. The van der Waals surface area contributed by atoms with E-state index in [9.17, 15) is 4.39 Å². The maximum atomic E-state index is 13.1. The van der Waals surface area contributed by atoms with Crippen LogP contribution in [-0.2, 0) is 6.54 Å². The quantitative estimate of drug-likeness (QED) is 0.846. The van der Waals surface area contributed by atoms with Gasteiger partial charge in [-0.1, -0.05) is 12.1 Å². The first-order valence-corrected chi connectivity index (χ1v) is 6.45. The summed E-state index contributed by atoms with van der Waals surface area (Å²) in [4.78, 5) is 2.22. The molecule has 0 atom stereocenters. The first-order chi connectivity index (χ1) is 9.10. The fourth-order valence-corrected chi connectivity index (χ4v) is 2.15. The van der Waals surface area contributed by atoms with Crippen LogP contribution in [0.3, 0.4) is 0 Å². The van der Waals surface area contributed by atoms with Crippen molar-refractivity contribution in [1.29, 1.82) is 0 Å². The van der Waals surface area contributed by atoms with Crippen molar-refractivity contribution >= 4 is 11.4 Å². The minimum Gasteiger partial charge on any atom is -0.399 e. The Hall–Kier alpha value is -2.03. The van der Waals surface area contributed by atoms with Gasteiger partial charge >= 0.3 is 0 Å². The van der Waals surface area contributed by atoms with Gasteiger partial charge in [-0.3, -0.25) is 0 Å². The molecule has 100 valence electrons. The lowest BCUT2D eigenvalue weighted by molar-refractivity contribution is 0.625.